The van der Waals surface area contributed by atoms with Crippen LogP contribution in [0.1, 0.15) is 19.5 Å². The van der Waals surface area contributed by atoms with E-state index in [-0.39, 0.29) is 19.8 Å². The SMILES string of the molecule is CCOC(=O)NN(Cc1ccc2cc(Br)ccc2n1)C(=O)OCC. The average molecular weight is 396 g/mol. The Bertz CT molecular complexity index is 738. The highest BCUT2D eigenvalue weighted by atomic mass is 79.9. The Morgan fingerprint density at radius 3 is 2.62 bits per heavy atom. The maximum absolute atomic E-state index is 12.0. The van der Waals surface area contributed by atoms with E-state index < -0.39 is 12.2 Å². The lowest BCUT2D eigenvalue weighted by Gasteiger charge is -2.21. The lowest BCUT2D eigenvalue weighted by molar-refractivity contribution is 0.0707. The molecule has 1 aromatic carbocycles. The Morgan fingerprint density at radius 2 is 1.92 bits per heavy atom. The third-order valence-electron chi connectivity index (χ3n) is 3.02. The maximum atomic E-state index is 12.0. The van der Waals surface area contributed by atoms with E-state index in [1.165, 1.54) is 0 Å². The zero-order valence-electron chi connectivity index (χ0n) is 13.4. The number of carbonyl (C=O) groups is 2. The maximum Gasteiger partial charge on any atom is 0.429 e. The Balaban J connectivity index is 2.19. The van der Waals surface area contributed by atoms with Gasteiger partial charge >= 0.3 is 12.2 Å². The minimum absolute atomic E-state index is 0.0592. The number of carbonyl (C=O) groups excluding carboxylic acids is 2. The van der Waals surface area contributed by atoms with Crippen molar-refractivity contribution < 1.29 is 19.1 Å². The molecule has 0 saturated carbocycles. The molecule has 1 heterocycles. The molecule has 128 valence electrons. The second-order valence-electron chi connectivity index (χ2n) is 4.76. The Labute approximate surface area is 148 Å². The van der Waals surface area contributed by atoms with E-state index in [1.807, 2.05) is 24.3 Å². The highest BCUT2D eigenvalue weighted by molar-refractivity contribution is 9.10. The molecular formula is C16H18BrN3O4. The molecule has 7 nitrogen and oxygen atoms in total. The summed E-state index contributed by atoms with van der Waals surface area (Å²) in [7, 11) is 0. The molecule has 0 aliphatic heterocycles. The van der Waals surface area contributed by atoms with E-state index >= 15 is 0 Å². The van der Waals surface area contributed by atoms with Gasteiger partial charge in [0, 0.05) is 9.86 Å². The summed E-state index contributed by atoms with van der Waals surface area (Å²) in [5.74, 6) is 0. The fourth-order valence-corrected chi connectivity index (χ4v) is 2.39. The van der Waals surface area contributed by atoms with Gasteiger partial charge in [0.25, 0.3) is 0 Å². The summed E-state index contributed by atoms with van der Waals surface area (Å²) in [6.07, 6.45) is -1.40. The third kappa shape index (κ3) is 4.82. The summed E-state index contributed by atoms with van der Waals surface area (Å²) in [4.78, 5) is 28.1. The Morgan fingerprint density at radius 1 is 1.17 bits per heavy atom. The van der Waals surface area contributed by atoms with Gasteiger partial charge in [-0.2, -0.15) is 0 Å². The van der Waals surface area contributed by atoms with Crippen LogP contribution in [0.15, 0.2) is 34.8 Å². The fourth-order valence-electron chi connectivity index (χ4n) is 2.01. The first-order chi connectivity index (χ1) is 11.5. The van der Waals surface area contributed by atoms with E-state index in [4.69, 9.17) is 9.47 Å². The Hall–Kier alpha value is -2.35. The number of hydrazine groups is 1. The van der Waals surface area contributed by atoms with Crippen molar-refractivity contribution in [1.82, 2.24) is 15.4 Å². The normalized spacial score (nSPS) is 10.3. The first-order valence-corrected chi connectivity index (χ1v) is 8.25. The summed E-state index contributed by atoms with van der Waals surface area (Å²) in [5, 5.41) is 2.00. The molecule has 24 heavy (non-hydrogen) atoms. The minimum Gasteiger partial charge on any atom is -0.449 e. The van der Waals surface area contributed by atoms with Crippen molar-refractivity contribution in [3.05, 3.63) is 40.5 Å². The molecule has 1 aromatic heterocycles. The summed E-state index contributed by atoms with van der Waals surface area (Å²) in [6, 6.07) is 9.39. The monoisotopic (exact) mass is 395 g/mol. The van der Waals surface area contributed by atoms with Gasteiger partial charge in [0.15, 0.2) is 0 Å². The van der Waals surface area contributed by atoms with Gasteiger partial charge in [-0.3, -0.25) is 4.98 Å². The zero-order valence-corrected chi connectivity index (χ0v) is 15.0. The van der Waals surface area contributed by atoms with Crippen LogP contribution in [0, 0.1) is 0 Å². The van der Waals surface area contributed by atoms with Gasteiger partial charge in [0.1, 0.15) is 0 Å². The summed E-state index contributed by atoms with van der Waals surface area (Å²) in [5.41, 5.74) is 3.75. The summed E-state index contributed by atoms with van der Waals surface area (Å²) >= 11 is 3.41. The number of hydrogen-bond donors (Lipinski definition) is 1. The van der Waals surface area contributed by atoms with E-state index in [2.05, 4.69) is 26.3 Å². The molecule has 2 amide bonds. The molecule has 0 atom stereocenters. The third-order valence-corrected chi connectivity index (χ3v) is 3.51. The number of amides is 2. The fraction of sp³-hybridized carbons (Fsp3) is 0.312. The lowest BCUT2D eigenvalue weighted by atomic mass is 10.2. The number of pyridine rings is 1. The van der Waals surface area contributed by atoms with Gasteiger partial charge in [-0.15, -0.1) is 0 Å². The van der Waals surface area contributed by atoms with Gasteiger partial charge < -0.3 is 9.47 Å². The molecule has 8 heteroatoms. The molecule has 0 aliphatic rings. The highest BCUT2D eigenvalue weighted by Gasteiger charge is 2.19. The summed E-state index contributed by atoms with van der Waals surface area (Å²) in [6.45, 7) is 3.82. The number of rotatable bonds is 4. The quantitative estimate of drug-likeness (QED) is 0.799. The van der Waals surface area contributed by atoms with E-state index in [0.717, 1.165) is 20.4 Å². The average Bonchev–Trinajstić information content (AvgIpc) is 2.55. The van der Waals surface area contributed by atoms with Crippen LogP contribution in [0.4, 0.5) is 9.59 Å². The highest BCUT2D eigenvalue weighted by Crippen LogP contribution is 2.19. The summed E-state index contributed by atoms with van der Waals surface area (Å²) < 4.78 is 10.7. The van der Waals surface area contributed by atoms with E-state index in [0.29, 0.717) is 5.69 Å². The molecule has 0 spiro atoms. The molecule has 1 N–H and O–H groups in total. The van der Waals surface area contributed by atoms with E-state index in [1.54, 1.807) is 19.9 Å². The number of halogens is 1. The lowest BCUT2D eigenvalue weighted by Crippen LogP contribution is -2.46. The number of hydrogen-bond acceptors (Lipinski definition) is 5. The minimum atomic E-state index is -0.727. The first-order valence-electron chi connectivity index (χ1n) is 7.46. The molecule has 0 saturated heterocycles. The molecule has 0 bridgehead atoms. The number of ether oxygens (including phenoxy) is 2. The van der Waals surface area contributed by atoms with Crippen molar-refractivity contribution >= 4 is 39.0 Å². The molecule has 0 unspecified atom stereocenters. The molecular weight excluding hydrogens is 378 g/mol. The van der Waals surface area contributed by atoms with Crippen LogP contribution in [0.5, 0.6) is 0 Å². The molecule has 2 rings (SSSR count). The van der Waals surface area contributed by atoms with Crippen LogP contribution in [0.25, 0.3) is 10.9 Å². The molecule has 0 aliphatic carbocycles. The van der Waals surface area contributed by atoms with Crippen LogP contribution in [-0.4, -0.2) is 35.4 Å². The predicted octanol–water partition coefficient (Wildman–Crippen LogP) is 3.62. The smallest absolute Gasteiger partial charge is 0.429 e. The van der Waals surface area contributed by atoms with Gasteiger partial charge in [-0.1, -0.05) is 22.0 Å². The topological polar surface area (TPSA) is 80.8 Å². The van der Waals surface area contributed by atoms with Gasteiger partial charge in [-0.05, 0) is 38.1 Å². The molecule has 0 fully saturated rings. The van der Waals surface area contributed by atoms with Crippen molar-refractivity contribution in [3.8, 4) is 0 Å². The van der Waals surface area contributed by atoms with Crippen molar-refractivity contribution in [3.63, 3.8) is 0 Å². The van der Waals surface area contributed by atoms with Crippen LogP contribution < -0.4 is 5.43 Å². The van der Waals surface area contributed by atoms with Gasteiger partial charge in [0.2, 0.25) is 0 Å². The van der Waals surface area contributed by atoms with Crippen molar-refractivity contribution in [2.45, 2.75) is 20.4 Å². The van der Waals surface area contributed by atoms with Crippen LogP contribution in [-0.2, 0) is 16.0 Å². The standard InChI is InChI=1S/C16H18BrN3O4/c1-3-23-15(21)19-20(16(22)24-4-2)10-13-7-5-11-9-12(17)6-8-14(11)18-13/h5-9H,3-4,10H2,1-2H3,(H,19,21). The van der Waals surface area contributed by atoms with Crippen LogP contribution in [0.3, 0.4) is 0 Å². The van der Waals surface area contributed by atoms with Crippen molar-refractivity contribution in [2.24, 2.45) is 0 Å². The van der Waals surface area contributed by atoms with Crippen LogP contribution in [0.2, 0.25) is 0 Å². The molecule has 0 radical (unpaired) electrons. The van der Waals surface area contributed by atoms with Gasteiger partial charge in [-0.25, -0.2) is 20.0 Å². The predicted molar refractivity (Wildman–Crippen MR) is 92.2 cm³/mol. The van der Waals surface area contributed by atoms with Crippen LogP contribution >= 0.6 is 15.9 Å². The number of fused-ring (bicyclic) bond motifs is 1. The van der Waals surface area contributed by atoms with Gasteiger partial charge in [0.05, 0.1) is 31.0 Å². The second kappa shape index (κ2) is 8.49. The molecule has 2 aromatic rings. The largest absolute Gasteiger partial charge is 0.449 e. The zero-order chi connectivity index (χ0) is 17.5. The van der Waals surface area contributed by atoms with E-state index in [9.17, 15) is 9.59 Å². The number of nitrogens with zero attached hydrogens (tertiary/aromatic N) is 2. The first kappa shape index (κ1) is 18.0. The van der Waals surface area contributed by atoms with Crippen molar-refractivity contribution in [2.75, 3.05) is 13.2 Å². The Kier molecular flexibility index (Phi) is 6.36. The number of aromatic nitrogens is 1. The number of benzene rings is 1. The number of nitrogens with one attached hydrogen (secondary N) is 1. The van der Waals surface area contributed by atoms with Crippen molar-refractivity contribution in [1.29, 1.82) is 0 Å². The second-order valence-corrected chi connectivity index (χ2v) is 5.67.